The number of primary amides is 1. The highest BCUT2D eigenvalue weighted by Crippen LogP contribution is 2.33. The molecule has 0 bridgehead atoms. The van der Waals surface area contributed by atoms with Crippen molar-refractivity contribution in [3.8, 4) is 17.2 Å². The second-order valence-electron chi connectivity index (χ2n) is 5.97. The van der Waals surface area contributed by atoms with Gasteiger partial charge in [-0.2, -0.15) is 0 Å². The highest BCUT2D eigenvalue weighted by atomic mass is 35.5. The predicted molar refractivity (Wildman–Crippen MR) is 112 cm³/mol. The Morgan fingerprint density at radius 3 is 2.56 bits per heavy atom. The fourth-order valence-corrected chi connectivity index (χ4v) is 2.74. The predicted octanol–water partition coefficient (Wildman–Crippen LogP) is 4.94. The van der Waals surface area contributed by atoms with Crippen molar-refractivity contribution in [2.45, 2.75) is 32.7 Å². The summed E-state index contributed by atoms with van der Waals surface area (Å²) < 4.78 is 11.3. The average molecular weight is 413 g/mol. The van der Waals surface area contributed by atoms with Crippen molar-refractivity contribution in [3.63, 3.8) is 0 Å². The Morgan fingerprint density at radius 1 is 1.15 bits per heavy atom. The zero-order chi connectivity index (χ0) is 18.9. The molecule has 3 N–H and O–H groups in total. The molecule has 0 aliphatic heterocycles. The van der Waals surface area contributed by atoms with Crippen molar-refractivity contribution in [2.24, 2.45) is 5.73 Å². The molecule has 27 heavy (non-hydrogen) atoms. The Morgan fingerprint density at radius 2 is 1.93 bits per heavy atom. The number of rotatable bonds is 10. The number of hydrogen-bond acceptors (Lipinski definition) is 4. The van der Waals surface area contributed by atoms with Crippen molar-refractivity contribution in [1.29, 1.82) is 0 Å². The van der Waals surface area contributed by atoms with E-state index in [1.807, 2.05) is 18.2 Å². The lowest BCUT2D eigenvalue weighted by atomic mass is 10.1. The van der Waals surface area contributed by atoms with E-state index in [2.05, 4.69) is 12.2 Å². The van der Waals surface area contributed by atoms with Crippen LogP contribution >= 0.6 is 24.0 Å². The number of halogens is 2. The quantitative estimate of drug-likeness (QED) is 0.541. The van der Waals surface area contributed by atoms with E-state index in [0.717, 1.165) is 24.4 Å². The molecule has 0 atom stereocenters. The lowest BCUT2D eigenvalue weighted by Crippen LogP contribution is -2.15. The van der Waals surface area contributed by atoms with Crippen LogP contribution in [0.15, 0.2) is 36.4 Å². The SMILES string of the molecule is CCCCCNCc1ccc(Oc2ccc(C(N)=O)cc2Cl)cc1OC.Cl. The van der Waals surface area contributed by atoms with Crippen molar-refractivity contribution < 1.29 is 14.3 Å². The van der Waals surface area contributed by atoms with Gasteiger partial charge in [-0.15, -0.1) is 12.4 Å². The summed E-state index contributed by atoms with van der Waals surface area (Å²) in [6.07, 6.45) is 3.60. The summed E-state index contributed by atoms with van der Waals surface area (Å²) in [6, 6.07) is 10.3. The molecule has 0 aliphatic rings. The number of ether oxygens (including phenoxy) is 2. The zero-order valence-electron chi connectivity index (χ0n) is 15.6. The summed E-state index contributed by atoms with van der Waals surface area (Å²) in [5.41, 5.74) is 6.64. The van der Waals surface area contributed by atoms with Gasteiger partial charge in [-0.05, 0) is 37.2 Å². The molecule has 0 saturated heterocycles. The van der Waals surface area contributed by atoms with Gasteiger partial charge >= 0.3 is 0 Å². The Kier molecular flexibility index (Phi) is 10.0. The molecule has 0 saturated carbocycles. The second-order valence-corrected chi connectivity index (χ2v) is 6.38. The lowest BCUT2D eigenvalue weighted by Gasteiger charge is -2.13. The van der Waals surface area contributed by atoms with Gasteiger partial charge in [-0.3, -0.25) is 4.79 Å². The van der Waals surface area contributed by atoms with Gasteiger partial charge in [0.2, 0.25) is 5.91 Å². The van der Waals surface area contributed by atoms with Crippen molar-refractivity contribution in [2.75, 3.05) is 13.7 Å². The summed E-state index contributed by atoms with van der Waals surface area (Å²) in [7, 11) is 1.63. The fraction of sp³-hybridized carbons (Fsp3) is 0.350. The third-order valence-corrected chi connectivity index (χ3v) is 4.27. The number of nitrogens with one attached hydrogen (secondary N) is 1. The van der Waals surface area contributed by atoms with Crippen LogP contribution in [0, 0.1) is 0 Å². The Labute approximate surface area is 171 Å². The fourth-order valence-electron chi connectivity index (χ4n) is 2.52. The smallest absolute Gasteiger partial charge is 0.248 e. The van der Waals surface area contributed by atoms with Gasteiger partial charge in [0, 0.05) is 23.7 Å². The van der Waals surface area contributed by atoms with Crippen LogP contribution in [0.25, 0.3) is 0 Å². The molecule has 2 aromatic rings. The molecule has 0 fully saturated rings. The van der Waals surface area contributed by atoms with Crippen molar-refractivity contribution in [1.82, 2.24) is 5.32 Å². The number of benzene rings is 2. The van der Waals surface area contributed by atoms with Crippen LogP contribution in [0.2, 0.25) is 5.02 Å². The standard InChI is InChI=1S/C20H25ClN2O3.ClH/c1-3-4-5-10-23-13-15-6-8-16(12-19(15)25-2)26-18-9-7-14(20(22)24)11-17(18)21;/h6-9,11-12,23H,3-5,10,13H2,1-2H3,(H2,22,24);1H. The number of carbonyl (C=O) groups is 1. The summed E-state index contributed by atoms with van der Waals surface area (Å²) >= 11 is 6.16. The first-order valence-electron chi connectivity index (χ1n) is 8.70. The van der Waals surface area contributed by atoms with Gasteiger partial charge in [0.15, 0.2) is 0 Å². The molecule has 2 aromatic carbocycles. The normalized spacial score (nSPS) is 10.2. The maximum atomic E-state index is 11.2. The van der Waals surface area contributed by atoms with Crippen LogP contribution in [0.3, 0.4) is 0 Å². The minimum atomic E-state index is -0.532. The van der Waals surface area contributed by atoms with Crippen LogP contribution in [-0.4, -0.2) is 19.6 Å². The summed E-state index contributed by atoms with van der Waals surface area (Å²) in [5.74, 6) is 1.26. The van der Waals surface area contributed by atoms with Crippen LogP contribution in [0.1, 0.15) is 42.1 Å². The van der Waals surface area contributed by atoms with E-state index in [9.17, 15) is 4.79 Å². The molecule has 1 amide bonds. The van der Waals surface area contributed by atoms with Crippen LogP contribution in [-0.2, 0) is 6.54 Å². The van der Waals surface area contributed by atoms with Gasteiger partial charge in [-0.1, -0.05) is 37.4 Å². The molecular formula is C20H26Cl2N2O3. The zero-order valence-corrected chi connectivity index (χ0v) is 17.2. The largest absolute Gasteiger partial charge is 0.496 e. The first-order valence-corrected chi connectivity index (χ1v) is 9.07. The Bertz CT molecular complexity index is 754. The summed E-state index contributed by atoms with van der Waals surface area (Å²) in [5, 5.41) is 3.74. The maximum absolute atomic E-state index is 11.2. The third kappa shape index (κ3) is 6.94. The minimum absolute atomic E-state index is 0. The molecular weight excluding hydrogens is 387 g/mol. The number of amides is 1. The average Bonchev–Trinajstić information content (AvgIpc) is 2.63. The number of methoxy groups -OCH3 is 1. The van der Waals surface area contributed by atoms with Crippen LogP contribution in [0.5, 0.6) is 17.2 Å². The van der Waals surface area contributed by atoms with Gasteiger partial charge in [-0.25, -0.2) is 0 Å². The van der Waals surface area contributed by atoms with Gasteiger partial charge in [0.05, 0.1) is 12.1 Å². The number of unbranched alkanes of at least 4 members (excludes halogenated alkanes) is 2. The molecule has 7 heteroatoms. The van der Waals surface area contributed by atoms with E-state index in [1.54, 1.807) is 19.2 Å². The molecule has 5 nitrogen and oxygen atoms in total. The lowest BCUT2D eigenvalue weighted by molar-refractivity contribution is 0.100. The minimum Gasteiger partial charge on any atom is -0.496 e. The van der Waals surface area contributed by atoms with Gasteiger partial charge in [0.25, 0.3) is 0 Å². The molecule has 148 valence electrons. The topological polar surface area (TPSA) is 73.6 Å². The van der Waals surface area contributed by atoms with E-state index in [1.165, 1.54) is 25.3 Å². The molecule has 2 rings (SSSR count). The molecule has 0 aliphatic carbocycles. The molecule has 0 spiro atoms. The first-order chi connectivity index (χ1) is 12.5. The second kappa shape index (κ2) is 11.7. The third-order valence-electron chi connectivity index (χ3n) is 3.98. The Balaban J connectivity index is 0.00000364. The van der Waals surface area contributed by atoms with E-state index in [0.29, 0.717) is 22.1 Å². The highest BCUT2D eigenvalue weighted by molar-refractivity contribution is 6.32. The van der Waals surface area contributed by atoms with Crippen LogP contribution in [0.4, 0.5) is 0 Å². The number of hydrogen-bond donors (Lipinski definition) is 2. The molecule has 0 aromatic heterocycles. The Hall–Kier alpha value is -1.95. The van der Waals surface area contributed by atoms with Crippen LogP contribution < -0.4 is 20.5 Å². The number of carbonyl (C=O) groups excluding carboxylic acids is 1. The van der Waals surface area contributed by atoms with Crippen molar-refractivity contribution in [3.05, 3.63) is 52.5 Å². The molecule has 0 unspecified atom stereocenters. The highest BCUT2D eigenvalue weighted by Gasteiger charge is 2.10. The van der Waals surface area contributed by atoms with E-state index in [4.69, 9.17) is 26.8 Å². The molecule has 0 radical (unpaired) electrons. The van der Waals surface area contributed by atoms with Crippen molar-refractivity contribution >= 4 is 29.9 Å². The van der Waals surface area contributed by atoms with Gasteiger partial charge in [0.1, 0.15) is 17.2 Å². The summed E-state index contributed by atoms with van der Waals surface area (Å²) in [6.45, 7) is 3.91. The molecule has 0 heterocycles. The summed E-state index contributed by atoms with van der Waals surface area (Å²) in [4.78, 5) is 11.2. The van der Waals surface area contributed by atoms with E-state index >= 15 is 0 Å². The first kappa shape index (κ1) is 23.1. The van der Waals surface area contributed by atoms with E-state index in [-0.39, 0.29) is 12.4 Å². The maximum Gasteiger partial charge on any atom is 0.248 e. The monoisotopic (exact) mass is 412 g/mol. The number of nitrogens with two attached hydrogens (primary N) is 1. The van der Waals surface area contributed by atoms with E-state index < -0.39 is 5.91 Å². The van der Waals surface area contributed by atoms with Gasteiger partial charge < -0.3 is 20.5 Å².